The molecule has 3 amide bonds. The molecule has 0 aliphatic carbocycles. The van der Waals surface area contributed by atoms with Gasteiger partial charge in [-0.25, -0.2) is 9.78 Å². The fourth-order valence-corrected chi connectivity index (χ4v) is 3.08. The molecule has 0 aliphatic heterocycles. The smallest absolute Gasteiger partial charge is 0.368 e. The highest BCUT2D eigenvalue weighted by atomic mass is 19.4. The summed E-state index contributed by atoms with van der Waals surface area (Å²) in [5.74, 6) is -1.08. The normalized spacial score (nSPS) is 13.1. The summed E-state index contributed by atoms with van der Waals surface area (Å²) in [5, 5.41) is 11.9. The molecule has 0 saturated heterocycles. The van der Waals surface area contributed by atoms with Crippen molar-refractivity contribution >= 4 is 35.7 Å². The Bertz CT molecular complexity index is 1280. The van der Waals surface area contributed by atoms with Crippen LogP contribution in [0.5, 0.6) is 0 Å². The number of carbonyl (C=O) groups excluding carboxylic acids is 2. The van der Waals surface area contributed by atoms with Crippen LogP contribution >= 0.6 is 0 Å². The van der Waals surface area contributed by atoms with Crippen LogP contribution in [-0.4, -0.2) is 52.0 Å². The number of fused-ring (bicyclic) bond motifs is 1. The number of carbonyl (C=O) groups is 2. The molecule has 0 radical (unpaired) electrons. The lowest BCUT2D eigenvalue weighted by atomic mass is 10.0. The molecule has 184 valence electrons. The van der Waals surface area contributed by atoms with Crippen LogP contribution in [0.2, 0.25) is 0 Å². The summed E-state index contributed by atoms with van der Waals surface area (Å²) in [4.78, 5) is 31.9. The van der Waals surface area contributed by atoms with Gasteiger partial charge in [0.05, 0.1) is 17.8 Å². The number of nitrogens with zero attached hydrogens (tertiary/aromatic N) is 3. The average Bonchev–Trinajstić information content (AvgIpc) is 3.21. The van der Waals surface area contributed by atoms with E-state index in [4.69, 9.17) is 11.1 Å². The highest BCUT2D eigenvalue weighted by Crippen LogP contribution is 2.25. The first kappa shape index (κ1) is 25.4. The molecular formula is C23H24F3N7O2. The van der Waals surface area contributed by atoms with Gasteiger partial charge in [-0.1, -0.05) is 12.1 Å². The van der Waals surface area contributed by atoms with Crippen molar-refractivity contribution in [3.8, 4) is 11.3 Å². The highest BCUT2D eigenvalue weighted by molar-refractivity contribution is 5.92. The van der Waals surface area contributed by atoms with Crippen molar-refractivity contribution in [3.05, 3.63) is 54.4 Å². The largest absolute Gasteiger partial charge is 0.405 e. The van der Waals surface area contributed by atoms with Crippen LogP contribution in [0.15, 0.2) is 53.8 Å². The van der Waals surface area contributed by atoms with Gasteiger partial charge in [0.1, 0.15) is 17.7 Å². The molecule has 9 nitrogen and oxygen atoms in total. The lowest BCUT2D eigenvalue weighted by Gasteiger charge is -2.16. The third kappa shape index (κ3) is 6.43. The van der Waals surface area contributed by atoms with E-state index in [-0.39, 0.29) is 0 Å². The van der Waals surface area contributed by atoms with Crippen molar-refractivity contribution in [2.75, 3.05) is 11.9 Å². The number of anilines is 1. The van der Waals surface area contributed by atoms with E-state index in [1.54, 1.807) is 72.4 Å². The Hall–Kier alpha value is -4.22. The number of aromatic nitrogens is 2. The van der Waals surface area contributed by atoms with Crippen molar-refractivity contribution in [3.63, 3.8) is 0 Å². The molecule has 1 atom stereocenters. The number of hydrogen-bond acceptors (Lipinski definition) is 5. The average molecular weight is 487 g/mol. The summed E-state index contributed by atoms with van der Waals surface area (Å²) >= 11 is 0. The number of amides is 3. The number of urea groups is 1. The number of nitrogens with one attached hydrogen (secondary N) is 3. The van der Waals surface area contributed by atoms with E-state index in [1.165, 1.54) is 12.4 Å². The Kier molecular flexibility index (Phi) is 7.22. The van der Waals surface area contributed by atoms with E-state index in [2.05, 4.69) is 15.3 Å². The fourth-order valence-electron chi connectivity index (χ4n) is 3.08. The molecule has 2 aromatic heterocycles. The predicted molar refractivity (Wildman–Crippen MR) is 127 cm³/mol. The Morgan fingerprint density at radius 2 is 2.00 bits per heavy atom. The predicted octanol–water partition coefficient (Wildman–Crippen LogP) is 3.75. The Morgan fingerprint density at radius 3 is 2.66 bits per heavy atom. The first-order valence-electron chi connectivity index (χ1n) is 10.4. The van der Waals surface area contributed by atoms with Gasteiger partial charge >= 0.3 is 12.2 Å². The maximum Gasteiger partial charge on any atom is 0.405 e. The minimum absolute atomic E-state index is 0.311. The van der Waals surface area contributed by atoms with Crippen LogP contribution in [-0.2, 0) is 4.79 Å². The second-order valence-corrected chi connectivity index (χ2v) is 8.23. The fraction of sp³-hybridized carbons (Fsp3) is 0.261. The summed E-state index contributed by atoms with van der Waals surface area (Å²) in [7, 11) is 0. The van der Waals surface area contributed by atoms with Crippen LogP contribution in [0.3, 0.4) is 0 Å². The van der Waals surface area contributed by atoms with Gasteiger partial charge in [0.15, 0.2) is 0 Å². The number of imidazole rings is 1. The zero-order chi connectivity index (χ0) is 25.8. The van der Waals surface area contributed by atoms with Gasteiger partial charge < -0.3 is 21.8 Å². The molecule has 1 aromatic carbocycles. The summed E-state index contributed by atoms with van der Waals surface area (Å²) in [5.41, 5.74) is 7.21. The van der Waals surface area contributed by atoms with Crippen molar-refractivity contribution in [2.45, 2.75) is 31.5 Å². The first-order chi connectivity index (χ1) is 16.4. The molecule has 0 saturated carbocycles. The number of benzene rings is 1. The molecule has 12 heteroatoms. The number of rotatable bonds is 8. The van der Waals surface area contributed by atoms with Gasteiger partial charge in [-0.2, -0.15) is 13.2 Å². The van der Waals surface area contributed by atoms with Crippen LogP contribution in [0.1, 0.15) is 25.3 Å². The van der Waals surface area contributed by atoms with Crippen molar-refractivity contribution in [1.29, 1.82) is 5.41 Å². The summed E-state index contributed by atoms with van der Waals surface area (Å²) in [6.45, 7) is 1.73. The number of nitrogens with two attached hydrogens (primary N) is 1. The molecule has 3 aromatic rings. The molecule has 2 heterocycles. The minimum Gasteiger partial charge on any atom is -0.368 e. The van der Waals surface area contributed by atoms with E-state index in [0.717, 1.165) is 5.56 Å². The molecule has 0 aliphatic rings. The van der Waals surface area contributed by atoms with Crippen molar-refractivity contribution in [2.24, 2.45) is 10.7 Å². The lowest BCUT2D eigenvalue weighted by Crippen LogP contribution is -2.36. The molecule has 3 rings (SSSR count). The van der Waals surface area contributed by atoms with Crippen LogP contribution < -0.4 is 16.4 Å². The molecule has 0 bridgehead atoms. The number of halogens is 3. The maximum atomic E-state index is 12.3. The van der Waals surface area contributed by atoms with Crippen LogP contribution in [0, 0.1) is 5.41 Å². The quantitative estimate of drug-likeness (QED) is 0.360. The van der Waals surface area contributed by atoms with Gasteiger partial charge in [0, 0.05) is 29.9 Å². The van der Waals surface area contributed by atoms with E-state index in [9.17, 15) is 22.8 Å². The summed E-state index contributed by atoms with van der Waals surface area (Å²) < 4.78 is 38.7. The molecule has 0 fully saturated rings. The van der Waals surface area contributed by atoms with E-state index < -0.39 is 36.1 Å². The summed E-state index contributed by atoms with van der Waals surface area (Å²) in [6.07, 6.45) is 1.55. The molecule has 5 N–H and O–H groups in total. The van der Waals surface area contributed by atoms with Crippen LogP contribution in [0.4, 0.5) is 23.7 Å². The highest BCUT2D eigenvalue weighted by Gasteiger charge is 2.27. The minimum atomic E-state index is -4.50. The SMILES string of the molecule is CC(C)(N=CC(C=N)c1ccn2c(-c3cccc(NC(=O)NCC(F)(F)F)c3)cnc2c1)C(N)=O. The molecule has 1 unspecified atom stereocenters. The standard InChI is InChI=1S/C23H24F3N7O2/c1-22(2,20(28)34)31-11-16(10-27)14-6-7-33-18(12-29-19(33)9-14)15-4-3-5-17(8-15)32-21(35)30-13-23(24,25)26/h3-12,16,27H,13H2,1-2H3,(H2,28,34)(H2,30,32,35). The molecule has 35 heavy (non-hydrogen) atoms. The zero-order valence-electron chi connectivity index (χ0n) is 18.9. The van der Waals surface area contributed by atoms with Gasteiger partial charge in [-0.15, -0.1) is 0 Å². The van der Waals surface area contributed by atoms with E-state index >= 15 is 0 Å². The Balaban J connectivity index is 1.83. The number of aliphatic imine (C=N–C) groups is 1. The number of primary amides is 1. The molecule has 0 spiro atoms. The topological polar surface area (TPSA) is 138 Å². The lowest BCUT2D eigenvalue weighted by molar-refractivity contribution is -0.123. The Morgan fingerprint density at radius 1 is 1.26 bits per heavy atom. The van der Waals surface area contributed by atoms with Crippen molar-refractivity contribution < 1.29 is 22.8 Å². The van der Waals surface area contributed by atoms with Gasteiger partial charge in [-0.3, -0.25) is 14.2 Å². The van der Waals surface area contributed by atoms with E-state index in [1.807, 2.05) is 0 Å². The second-order valence-electron chi connectivity index (χ2n) is 8.23. The van der Waals surface area contributed by atoms with Crippen LogP contribution in [0.25, 0.3) is 16.9 Å². The first-order valence-corrected chi connectivity index (χ1v) is 10.4. The number of hydrogen-bond donors (Lipinski definition) is 4. The third-order valence-corrected chi connectivity index (χ3v) is 5.13. The van der Waals surface area contributed by atoms with Gasteiger partial charge in [0.25, 0.3) is 0 Å². The van der Waals surface area contributed by atoms with E-state index in [0.29, 0.717) is 22.6 Å². The molecular weight excluding hydrogens is 463 g/mol. The summed E-state index contributed by atoms with van der Waals surface area (Å²) in [6, 6.07) is 9.18. The van der Waals surface area contributed by atoms with Gasteiger partial charge in [-0.05, 0) is 43.7 Å². The number of alkyl halides is 3. The third-order valence-electron chi connectivity index (χ3n) is 5.13. The number of pyridine rings is 1. The van der Waals surface area contributed by atoms with Crippen molar-refractivity contribution in [1.82, 2.24) is 14.7 Å². The maximum absolute atomic E-state index is 12.3. The van der Waals surface area contributed by atoms with Gasteiger partial charge in [0.2, 0.25) is 5.91 Å². The zero-order valence-corrected chi connectivity index (χ0v) is 18.9. The Labute approximate surface area is 198 Å². The second kappa shape index (κ2) is 9.95. The monoisotopic (exact) mass is 487 g/mol.